The molecule has 4 amide bonds. The molecule has 1 heterocycles. The molecule has 0 radical (unpaired) electrons. The first-order chi connectivity index (χ1) is 14.7. The van der Waals surface area contributed by atoms with Crippen molar-refractivity contribution >= 4 is 17.8 Å². The van der Waals surface area contributed by atoms with Crippen LogP contribution in [-0.4, -0.2) is 41.2 Å². The molecule has 2 aromatic carbocycles. The Labute approximate surface area is 182 Å². The highest BCUT2D eigenvalue weighted by atomic mass is 19.1. The SMILES string of the molecule is CCCc1ccc(C2(C)NC(=O)N(CC(=O)N(C)C(C)c3ccc(F)cc3)C2=O)cc1. The molecule has 2 aromatic rings. The summed E-state index contributed by atoms with van der Waals surface area (Å²) >= 11 is 0. The van der Waals surface area contributed by atoms with Gasteiger partial charge in [-0.15, -0.1) is 0 Å². The first-order valence-electron chi connectivity index (χ1n) is 10.4. The number of nitrogens with one attached hydrogen (secondary N) is 1. The molecule has 6 nitrogen and oxygen atoms in total. The molecule has 7 heteroatoms. The topological polar surface area (TPSA) is 69.7 Å². The fraction of sp³-hybridized carbons (Fsp3) is 0.375. The van der Waals surface area contributed by atoms with E-state index in [1.54, 1.807) is 33.0 Å². The lowest BCUT2D eigenvalue weighted by Crippen LogP contribution is -2.44. The lowest BCUT2D eigenvalue weighted by Gasteiger charge is -2.27. The number of benzene rings is 2. The van der Waals surface area contributed by atoms with Crippen LogP contribution in [0.2, 0.25) is 0 Å². The Morgan fingerprint density at radius 1 is 1.13 bits per heavy atom. The van der Waals surface area contributed by atoms with Crippen molar-refractivity contribution in [1.29, 1.82) is 0 Å². The second-order valence-electron chi connectivity index (χ2n) is 8.13. The zero-order valence-corrected chi connectivity index (χ0v) is 18.3. The minimum Gasteiger partial charge on any atom is -0.337 e. The van der Waals surface area contributed by atoms with E-state index in [2.05, 4.69) is 12.2 Å². The van der Waals surface area contributed by atoms with Crippen molar-refractivity contribution in [2.24, 2.45) is 0 Å². The number of carbonyl (C=O) groups excluding carboxylic acids is 3. The predicted octanol–water partition coefficient (Wildman–Crippen LogP) is 3.76. The number of rotatable bonds is 7. The van der Waals surface area contributed by atoms with Gasteiger partial charge in [0.05, 0.1) is 6.04 Å². The van der Waals surface area contributed by atoms with Crippen LogP contribution in [0.1, 0.15) is 49.9 Å². The summed E-state index contributed by atoms with van der Waals surface area (Å²) in [6.45, 7) is 5.19. The van der Waals surface area contributed by atoms with Crippen LogP contribution in [0, 0.1) is 5.82 Å². The van der Waals surface area contributed by atoms with Crippen LogP contribution in [0.4, 0.5) is 9.18 Å². The van der Waals surface area contributed by atoms with E-state index in [1.165, 1.54) is 17.0 Å². The van der Waals surface area contributed by atoms with E-state index in [-0.39, 0.29) is 24.3 Å². The molecule has 2 atom stereocenters. The largest absolute Gasteiger partial charge is 0.337 e. The summed E-state index contributed by atoms with van der Waals surface area (Å²) in [4.78, 5) is 40.9. The lowest BCUT2D eigenvalue weighted by molar-refractivity contribution is -0.139. The second kappa shape index (κ2) is 8.88. The molecule has 1 aliphatic rings. The van der Waals surface area contributed by atoms with Crippen molar-refractivity contribution in [2.45, 2.75) is 45.2 Å². The number of carbonyl (C=O) groups is 3. The number of aryl methyl sites for hydroxylation is 1. The normalized spacial score (nSPS) is 19.3. The Morgan fingerprint density at radius 3 is 2.32 bits per heavy atom. The van der Waals surface area contributed by atoms with Gasteiger partial charge in [-0.25, -0.2) is 9.18 Å². The van der Waals surface area contributed by atoms with Gasteiger partial charge in [-0.05, 0) is 49.1 Å². The Bertz CT molecular complexity index is 975. The molecular formula is C24H28FN3O3. The van der Waals surface area contributed by atoms with Crippen molar-refractivity contribution in [1.82, 2.24) is 15.1 Å². The number of urea groups is 1. The number of likely N-dealkylation sites (N-methyl/N-ethyl adjacent to an activating group) is 1. The van der Waals surface area contributed by atoms with Crippen LogP contribution in [0.5, 0.6) is 0 Å². The van der Waals surface area contributed by atoms with Gasteiger partial charge in [0.25, 0.3) is 5.91 Å². The maximum absolute atomic E-state index is 13.2. The van der Waals surface area contributed by atoms with Crippen molar-refractivity contribution < 1.29 is 18.8 Å². The molecule has 3 rings (SSSR count). The molecule has 164 valence electrons. The first-order valence-corrected chi connectivity index (χ1v) is 10.4. The molecule has 1 saturated heterocycles. The maximum atomic E-state index is 13.2. The van der Waals surface area contributed by atoms with E-state index in [0.29, 0.717) is 5.56 Å². The van der Waals surface area contributed by atoms with Crippen LogP contribution in [0.3, 0.4) is 0 Å². The number of hydrogen-bond donors (Lipinski definition) is 1. The highest BCUT2D eigenvalue weighted by Crippen LogP contribution is 2.29. The summed E-state index contributed by atoms with van der Waals surface area (Å²) in [5.41, 5.74) is 1.37. The lowest BCUT2D eigenvalue weighted by atomic mass is 9.91. The van der Waals surface area contributed by atoms with E-state index >= 15 is 0 Å². The summed E-state index contributed by atoms with van der Waals surface area (Å²) in [5, 5.41) is 2.73. The van der Waals surface area contributed by atoms with Gasteiger partial charge >= 0.3 is 6.03 Å². The third-order valence-electron chi connectivity index (χ3n) is 5.97. The van der Waals surface area contributed by atoms with Gasteiger partial charge in [0.1, 0.15) is 17.9 Å². The summed E-state index contributed by atoms with van der Waals surface area (Å²) in [6.07, 6.45) is 1.96. The van der Waals surface area contributed by atoms with Crippen molar-refractivity contribution in [3.63, 3.8) is 0 Å². The fourth-order valence-electron chi connectivity index (χ4n) is 3.76. The third-order valence-corrected chi connectivity index (χ3v) is 5.97. The molecular weight excluding hydrogens is 397 g/mol. The van der Waals surface area contributed by atoms with Crippen LogP contribution in [0.15, 0.2) is 48.5 Å². The monoisotopic (exact) mass is 425 g/mol. The van der Waals surface area contributed by atoms with Gasteiger partial charge < -0.3 is 10.2 Å². The summed E-state index contributed by atoms with van der Waals surface area (Å²) in [7, 11) is 1.60. The van der Waals surface area contributed by atoms with Gasteiger partial charge in [-0.1, -0.05) is 49.7 Å². The molecule has 0 spiro atoms. The van der Waals surface area contributed by atoms with Gasteiger partial charge in [-0.3, -0.25) is 14.5 Å². The highest BCUT2D eigenvalue weighted by Gasteiger charge is 2.49. The van der Waals surface area contributed by atoms with E-state index < -0.39 is 17.5 Å². The van der Waals surface area contributed by atoms with E-state index in [1.807, 2.05) is 24.3 Å². The molecule has 1 aliphatic heterocycles. The summed E-state index contributed by atoms with van der Waals surface area (Å²) in [5.74, 6) is -1.20. The molecule has 0 aliphatic carbocycles. The molecule has 2 unspecified atom stereocenters. The Hall–Kier alpha value is -3.22. The minimum absolute atomic E-state index is 0.341. The van der Waals surface area contributed by atoms with Gasteiger partial charge in [0, 0.05) is 7.05 Å². The Balaban J connectivity index is 1.72. The number of halogens is 1. The number of hydrogen-bond acceptors (Lipinski definition) is 3. The Morgan fingerprint density at radius 2 is 1.74 bits per heavy atom. The number of amides is 4. The predicted molar refractivity (Wildman–Crippen MR) is 116 cm³/mol. The minimum atomic E-state index is -1.22. The standard InChI is InChI=1S/C24H28FN3O3/c1-5-6-17-7-11-19(12-8-17)24(3)22(30)28(23(31)26-24)15-21(29)27(4)16(2)18-9-13-20(25)14-10-18/h7-14,16H,5-6,15H2,1-4H3,(H,26,31). The quantitative estimate of drug-likeness (QED) is 0.687. The van der Waals surface area contributed by atoms with E-state index in [4.69, 9.17) is 0 Å². The Kier molecular flexibility index (Phi) is 6.43. The van der Waals surface area contributed by atoms with Crippen LogP contribution < -0.4 is 5.32 Å². The highest BCUT2D eigenvalue weighted by molar-refractivity contribution is 6.09. The van der Waals surface area contributed by atoms with Crippen molar-refractivity contribution in [3.05, 3.63) is 71.0 Å². The fourth-order valence-corrected chi connectivity index (χ4v) is 3.76. The first kappa shape index (κ1) is 22.5. The zero-order valence-electron chi connectivity index (χ0n) is 18.3. The van der Waals surface area contributed by atoms with Gasteiger partial charge in [0.2, 0.25) is 5.91 Å². The molecule has 31 heavy (non-hydrogen) atoms. The third kappa shape index (κ3) is 4.45. The van der Waals surface area contributed by atoms with Gasteiger partial charge in [-0.2, -0.15) is 0 Å². The van der Waals surface area contributed by atoms with Crippen LogP contribution in [0.25, 0.3) is 0 Å². The van der Waals surface area contributed by atoms with Crippen LogP contribution in [-0.2, 0) is 21.5 Å². The zero-order chi connectivity index (χ0) is 22.8. The maximum Gasteiger partial charge on any atom is 0.325 e. The van der Waals surface area contributed by atoms with Crippen LogP contribution >= 0.6 is 0 Å². The summed E-state index contributed by atoms with van der Waals surface area (Å²) in [6, 6.07) is 12.5. The molecule has 1 fully saturated rings. The van der Waals surface area contributed by atoms with E-state index in [9.17, 15) is 18.8 Å². The van der Waals surface area contributed by atoms with Gasteiger partial charge in [0.15, 0.2) is 0 Å². The molecule has 1 N–H and O–H groups in total. The van der Waals surface area contributed by atoms with Crippen molar-refractivity contribution in [2.75, 3.05) is 13.6 Å². The van der Waals surface area contributed by atoms with E-state index in [0.717, 1.165) is 28.9 Å². The molecule has 0 saturated carbocycles. The average molecular weight is 426 g/mol. The summed E-state index contributed by atoms with van der Waals surface area (Å²) < 4.78 is 13.2. The second-order valence-corrected chi connectivity index (χ2v) is 8.13. The number of nitrogens with zero attached hydrogens (tertiary/aromatic N) is 2. The average Bonchev–Trinajstić information content (AvgIpc) is 2.97. The smallest absolute Gasteiger partial charge is 0.325 e. The number of imide groups is 1. The molecule has 0 bridgehead atoms. The molecule has 0 aromatic heterocycles. The van der Waals surface area contributed by atoms with Crippen molar-refractivity contribution in [3.8, 4) is 0 Å².